The van der Waals surface area contributed by atoms with Gasteiger partial charge in [0.25, 0.3) is 0 Å². The molecule has 0 saturated heterocycles. The topological polar surface area (TPSA) is 41.8 Å². The second-order valence-corrected chi connectivity index (χ2v) is 4.92. The summed E-state index contributed by atoms with van der Waals surface area (Å²) < 4.78 is 5.65. The van der Waals surface area contributed by atoms with Crippen LogP contribution in [0.1, 0.15) is 17.4 Å². The maximum atomic E-state index is 8.66. The SMILES string of the molecule is C/C(=N/O)c1ccc(OCCc2cccs2)cc1. The third kappa shape index (κ3) is 3.34. The first kappa shape index (κ1) is 12.6. The number of hydrogen-bond donors (Lipinski definition) is 1. The number of thiophene rings is 1. The lowest BCUT2D eigenvalue weighted by Gasteiger charge is -2.06. The van der Waals surface area contributed by atoms with E-state index in [1.807, 2.05) is 30.3 Å². The fourth-order valence-corrected chi connectivity index (χ4v) is 2.26. The summed E-state index contributed by atoms with van der Waals surface area (Å²) in [6, 6.07) is 11.7. The first-order chi connectivity index (χ1) is 8.79. The predicted molar refractivity (Wildman–Crippen MR) is 74.0 cm³/mol. The lowest BCUT2D eigenvalue weighted by Crippen LogP contribution is -2.00. The molecule has 0 saturated carbocycles. The summed E-state index contributed by atoms with van der Waals surface area (Å²) in [6.45, 7) is 2.43. The Kier molecular flexibility index (Phi) is 4.36. The van der Waals surface area contributed by atoms with E-state index in [1.165, 1.54) is 4.88 Å². The summed E-state index contributed by atoms with van der Waals surface area (Å²) in [5.41, 5.74) is 1.49. The van der Waals surface area contributed by atoms with E-state index >= 15 is 0 Å². The fraction of sp³-hybridized carbons (Fsp3) is 0.214. The van der Waals surface area contributed by atoms with Gasteiger partial charge in [0, 0.05) is 11.3 Å². The molecular weight excluding hydrogens is 246 g/mol. The van der Waals surface area contributed by atoms with Gasteiger partial charge in [0.1, 0.15) is 5.75 Å². The molecule has 1 aromatic carbocycles. The molecule has 0 unspecified atom stereocenters. The molecule has 0 bridgehead atoms. The first-order valence-electron chi connectivity index (χ1n) is 5.74. The van der Waals surface area contributed by atoms with Crippen LogP contribution in [0.3, 0.4) is 0 Å². The summed E-state index contributed by atoms with van der Waals surface area (Å²) in [5, 5.41) is 13.9. The number of nitrogens with zero attached hydrogens (tertiary/aromatic N) is 1. The van der Waals surface area contributed by atoms with Gasteiger partial charge >= 0.3 is 0 Å². The third-order valence-corrected chi connectivity index (χ3v) is 3.56. The van der Waals surface area contributed by atoms with Crippen LogP contribution in [0.25, 0.3) is 0 Å². The van der Waals surface area contributed by atoms with Crippen LogP contribution in [0.4, 0.5) is 0 Å². The Morgan fingerprint density at radius 2 is 2.06 bits per heavy atom. The van der Waals surface area contributed by atoms with Crippen LogP contribution >= 0.6 is 11.3 Å². The smallest absolute Gasteiger partial charge is 0.119 e. The highest BCUT2D eigenvalue weighted by molar-refractivity contribution is 7.09. The van der Waals surface area contributed by atoms with E-state index in [9.17, 15) is 0 Å². The van der Waals surface area contributed by atoms with Gasteiger partial charge in [0.05, 0.1) is 12.3 Å². The van der Waals surface area contributed by atoms with Crippen molar-refractivity contribution in [1.29, 1.82) is 0 Å². The first-order valence-corrected chi connectivity index (χ1v) is 6.62. The van der Waals surface area contributed by atoms with Crippen molar-refractivity contribution in [3.63, 3.8) is 0 Å². The minimum atomic E-state index is 0.597. The van der Waals surface area contributed by atoms with E-state index in [2.05, 4.69) is 16.6 Å². The maximum Gasteiger partial charge on any atom is 0.119 e. The molecule has 4 heteroatoms. The summed E-state index contributed by atoms with van der Waals surface area (Å²) in [6.07, 6.45) is 0.927. The molecule has 0 spiro atoms. The van der Waals surface area contributed by atoms with Gasteiger partial charge in [-0.2, -0.15) is 0 Å². The molecular formula is C14H15NO2S. The fourth-order valence-electron chi connectivity index (χ4n) is 1.57. The van der Waals surface area contributed by atoms with Gasteiger partial charge in [-0.3, -0.25) is 0 Å². The molecule has 0 aliphatic rings. The van der Waals surface area contributed by atoms with E-state index in [0.717, 1.165) is 17.7 Å². The van der Waals surface area contributed by atoms with Crippen LogP contribution in [0, 0.1) is 0 Å². The van der Waals surface area contributed by atoms with Gasteiger partial charge in [-0.25, -0.2) is 0 Å². The molecule has 3 nitrogen and oxygen atoms in total. The largest absolute Gasteiger partial charge is 0.493 e. The average molecular weight is 261 g/mol. The van der Waals surface area contributed by atoms with Gasteiger partial charge in [-0.15, -0.1) is 11.3 Å². The van der Waals surface area contributed by atoms with Crippen molar-refractivity contribution in [2.75, 3.05) is 6.61 Å². The predicted octanol–water partition coefficient (Wildman–Crippen LogP) is 3.57. The summed E-state index contributed by atoms with van der Waals surface area (Å²) in [7, 11) is 0. The molecule has 0 fully saturated rings. The number of benzene rings is 1. The van der Waals surface area contributed by atoms with Crippen molar-refractivity contribution >= 4 is 17.0 Å². The number of rotatable bonds is 5. The number of oxime groups is 1. The molecule has 1 N–H and O–H groups in total. The minimum absolute atomic E-state index is 0.597. The van der Waals surface area contributed by atoms with Gasteiger partial charge in [-0.1, -0.05) is 11.2 Å². The van der Waals surface area contributed by atoms with E-state index in [-0.39, 0.29) is 0 Å². The Morgan fingerprint density at radius 3 is 2.67 bits per heavy atom. The van der Waals surface area contributed by atoms with E-state index in [4.69, 9.17) is 9.94 Å². The standard InChI is InChI=1S/C14H15NO2S/c1-11(15-16)12-4-6-13(7-5-12)17-9-8-14-3-2-10-18-14/h2-7,10,16H,8-9H2,1H3/b15-11-. The van der Waals surface area contributed by atoms with Crippen molar-refractivity contribution in [1.82, 2.24) is 0 Å². The summed E-state index contributed by atoms with van der Waals surface area (Å²) >= 11 is 1.74. The van der Waals surface area contributed by atoms with Gasteiger partial charge in [0.15, 0.2) is 0 Å². The van der Waals surface area contributed by atoms with Crippen molar-refractivity contribution in [3.05, 3.63) is 52.2 Å². The van der Waals surface area contributed by atoms with Gasteiger partial charge in [-0.05, 0) is 48.2 Å². The Hall–Kier alpha value is -1.81. The van der Waals surface area contributed by atoms with Crippen LogP contribution in [0.2, 0.25) is 0 Å². The Bertz CT molecular complexity index is 503. The molecule has 0 aliphatic carbocycles. The summed E-state index contributed by atoms with van der Waals surface area (Å²) in [4.78, 5) is 1.33. The zero-order valence-electron chi connectivity index (χ0n) is 10.2. The molecule has 2 rings (SSSR count). The van der Waals surface area contributed by atoms with Gasteiger partial charge < -0.3 is 9.94 Å². The minimum Gasteiger partial charge on any atom is -0.493 e. The van der Waals surface area contributed by atoms with Crippen LogP contribution in [0.5, 0.6) is 5.75 Å². The average Bonchev–Trinajstić information content (AvgIpc) is 2.92. The Labute approximate surface area is 110 Å². The van der Waals surface area contributed by atoms with Crippen molar-refractivity contribution in [2.24, 2.45) is 5.16 Å². The third-order valence-electron chi connectivity index (χ3n) is 2.62. The highest BCUT2D eigenvalue weighted by Gasteiger charge is 1.99. The van der Waals surface area contributed by atoms with Crippen LogP contribution in [0.15, 0.2) is 46.9 Å². The second-order valence-electron chi connectivity index (χ2n) is 3.89. The Balaban J connectivity index is 1.87. The van der Waals surface area contributed by atoms with Gasteiger partial charge in [0.2, 0.25) is 0 Å². The van der Waals surface area contributed by atoms with Crippen LogP contribution in [-0.4, -0.2) is 17.5 Å². The molecule has 94 valence electrons. The highest BCUT2D eigenvalue weighted by Crippen LogP contribution is 2.14. The quantitative estimate of drug-likeness (QED) is 0.508. The van der Waals surface area contributed by atoms with E-state index in [1.54, 1.807) is 18.3 Å². The van der Waals surface area contributed by atoms with Crippen molar-refractivity contribution < 1.29 is 9.94 Å². The molecule has 0 atom stereocenters. The molecule has 1 heterocycles. The molecule has 18 heavy (non-hydrogen) atoms. The monoisotopic (exact) mass is 261 g/mol. The zero-order chi connectivity index (χ0) is 12.8. The molecule has 0 aliphatic heterocycles. The lowest BCUT2D eigenvalue weighted by molar-refractivity contribution is 0.318. The summed E-state index contributed by atoms with van der Waals surface area (Å²) in [5.74, 6) is 0.834. The Morgan fingerprint density at radius 1 is 1.28 bits per heavy atom. The van der Waals surface area contributed by atoms with E-state index < -0.39 is 0 Å². The lowest BCUT2D eigenvalue weighted by atomic mass is 10.1. The van der Waals surface area contributed by atoms with Crippen molar-refractivity contribution in [2.45, 2.75) is 13.3 Å². The molecule has 2 aromatic rings. The van der Waals surface area contributed by atoms with Crippen LogP contribution in [-0.2, 0) is 6.42 Å². The molecule has 0 radical (unpaired) electrons. The normalized spacial score (nSPS) is 11.5. The number of hydrogen-bond acceptors (Lipinski definition) is 4. The highest BCUT2D eigenvalue weighted by atomic mass is 32.1. The molecule has 1 aromatic heterocycles. The van der Waals surface area contributed by atoms with E-state index in [0.29, 0.717) is 12.3 Å². The maximum absolute atomic E-state index is 8.66. The zero-order valence-corrected chi connectivity index (χ0v) is 11.0. The van der Waals surface area contributed by atoms with Crippen molar-refractivity contribution in [3.8, 4) is 5.75 Å². The second kappa shape index (κ2) is 6.21. The number of ether oxygens (including phenoxy) is 1. The molecule has 0 amide bonds. The van der Waals surface area contributed by atoms with Crippen LogP contribution < -0.4 is 4.74 Å².